The van der Waals surface area contributed by atoms with E-state index in [1.54, 1.807) is 55.1 Å². The van der Waals surface area contributed by atoms with Gasteiger partial charge in [0.25, 0.3) is 11.7 Å². The maximum atomic E-state index is 13.3. The van der Waals surface area contributed by atoms with Crippen LogP contribution in [0.4, 0.5) is 0 Å². The van der Waals surface area contributed by atoms with Gasteiger partial charge in [0.2, 0.25) is 0 Å². The van der Waals surface area contributed by atoms with Crippen molar-refractivity contribution in [3.05, 3.63) is 131 Å². The van der Waals surface area contributed by atoms with Gasteiger partial charge in [-0.15, -0.1) is 0 Å². The molecule has 184 valence electrons. The topological polar surface area (TPSA) is 92.6 Å². The normalized spacial score (nSPS) is 16.7. The molecule has 3 heterocycles. The summed E-state index contributed by atoms with van der Waals surface area (Å²) in [4.78, 5) is 36.1. The monoisotopic (exact) mass is 491 g/mol. The van der Waals surface area contributed by atoms with Crippen LogP contribution in [0.3, 0.4) is 0 Å². The Hall–Kier alpha value is -4.78. The largest absolute Gasteiger partial charge is 0.507 e. The lowest BCUT2D eigenvalue weighted by Crippen LogP contribution is -2.29. The molecular weight excluding hydrogens is 466 g/mol. The van der Waals surface area contributed by atoms with Crippen LogP contribution in [0.25, 0.3) is 5.76 Å². The van der Waals surface area contributed by atoms with E-state index in [0.29, 0.717) is 23.5 Å². The summed E-state index contributed by atoms with van der Waals surface area (Å²) >= 11 is 0. The van der Waals surface area contributed by atoms with Crippen molar-refractivity contribution in [2.45, 2.75) is 26.1 Å². The summed E-state index contributed by atoms with van der Waals surface area (Å²) in [5, 5.41) is 11.4. The highest BCUT2D eigenvalue weighted by atomic mass is 16.5. The highest BCUT2D eigenvalue weighted by Gasteiger charge is 2.46. The Morgan fingerprint density at radius 1 is 0.919 bits per heavy atom. The molecule has 7 nitrogen and oxygen atoms in total. The van der Waals surface area contributed by atoms with E-state index in [2.05, 4.69) is 9.97 Å². The van der Waals surface area contributed by atoms with Crippen LogP contribution in [0.5, 0.6) is 5.75 Å². The van der Waals surface area contributed by atoms with Crippen molar-refractivity contribution < 1.29 is 19.4 Å². The zero-order valence-electron chi connectivity index (χ0n) is 20.2. The number of hydrogen-bond donors (Lipinski definition) is 1. The van der Waals surface area contributed by atoms with Gasteiger partial charge in [-0.3, -0.25) is 19.6 Å². The summed E-state index contributed by atoms with van der Waals surface area (Å²) in [6.07, 6.45) is 6.50. The predicted octanol–water partition coefficient (Wildman–Crippen LogP) is 4.99. The van der Waals surface area contributed by atoms with Crippen LogP contribution in [-0.4, -0.2) is 31.7 Å². The Kier molecular flexibility index (Phi) is 6.76. The summed E-state index contributed by atoms with van der Waals surface area (Å²) < 4.78 is 5.91. The Morgan fingerprint density at radius 3 is 2.38 bits per heavy atom. The molecule has 5 rings (SSSR count). The van der Waals surface area contributed by atoms with E-state index in [9.17, 15) is 14.7 Å². The molecule has 0 saturated carbocycles. The zero-order chi connectivity index (χ0) is 25.8. The lowest BCUT2D eigenvalue weighted by atomic mass is 9.94. The van der Waals surface area contributed by atoms with Crippen molar-refractivity contribution in [3.8, 4) is 5.75 Å². The number of hydrogen-bond acceptors (Lipinski definition) is 6. The third-order valence-electron chi connectivity index (χ3n) is 6.34. The van der Waals surface area contributed by atoms with E-state index in [0.717, 1.165) is 16.7 Å². The maximum absolute atomic E-state index is 13.3. The molecule has 1 aliphatic heterocycles. The fourth-order valence-electron chi connectivity index (χ4n) is 4.50. The van der Waals surface area contributed by atoms with Gasteiger partial charge >= 0.3 is 0 Å². The van der Waals surface area contributed by atoms with Crippen LogP contribution in [-0.2, 0) is 22.7 Å². The average molecular weight is 492 g/mol. The summed E-state index contributed by atoms with van der Waals surface area (Å²) in [7, 11) is 0. The molecule has 1 atom stereocenters. The number of aliphatic hydroxyl groups excluding tert-OH is 1. The van der Waals surface area contributed by atoms with E-state index < -0.39 is 17.7 Å². The molecule has 0 spiro atoms. The number of aromatic nitrogens is 2. The van der Waals surface area contributed by atoms with Crippen LogP contribution >= 0.6 is 0 Å². The van der Waals surface area contributed by atoms with Crippen molar-refractivity contribution in [2.24, 2.45) is 0 Å². The van der Waals surface area contributed by atoms with E-state index in [1.807, 2.05) is 49.4 Å². The van der Waals surface area contributed by atoms with E-state index >= 15 is 0 Å². The maximum Gasteiger partial charge on any atom is 0.295 e. The SMILES string of the molecule is Cc1cc(OCc2ccccc2)ccc1C(O)=C1C(=O)C(=O)N(Cc2cccnc2)C1c1ccncc1. The van der Waals surface area contributed by atoms with Gasteiger partial charge in [0.15, 0.2) is 0 Å². The number of carbonyl (C=O) groups excluding carboxylic acids is 2. The number of amides is 1. The zero-order valence-corrected chi connectivity index (χ0v) is 20.2. The number of nitrogens with zero attached hydrogens (tertiary/aromatic N) is 3. The lowest BCUT2D eigenvalue weighted by Gasteiger charge is -2.25. The van der Waals surface area contributed by atoms with Gasteiger partial charge in [-0.05, 0) is 65.6 Å². The molecule has 1 fully saturated rings. The Morgan fingerprint density at radius 2 is 1.68 bits per heavy atom. The number of pyridine rings is 2. The molecule has 2 aromatic heterocycles. The number of aryl methyl sites for hydroxylation is 1. The highest BCUT2D eigenvalue weighted by Crippen LogP contribution is 2.40. The number of likely N-dealkylation sites (tertiary alicyclic amines) is 1. The number of aliphatic hydroxyl groups is 1. The molecule has 7 heteroatoms. The molecule has 0 bridgehead atoms. The van der Waals surface area contributed by atoms with Crippen molar-refractivity contribution in [2.75, 3.05) is 0 Å². The summed E-state index contributed by atoms with van der Waals surface area (Å²) in [6, 6.07) is 21.4. The minimum atomic E-state index is -0.767. The molecule has 1 aliphatic rings. The number of ketones is 1. The van der Waals surface area contributed by atoms with Gasteiger partial charge in [-0.25, -0.2) is 0 Å². The molecule has 1 unspecified atom stereocenters. The van der Waals surface area contributed by atoms with Gasteiger partial charge in [0.1, 0.15) is 18.1 Å². The first kappa shape index (κ1) is 23.9. The van der Waals surface area contributed by atoms with Gasteiger partial charge in [0.05, 0.1) is 11.6 Å². The molecule has 2 aromatic carbocycles. The third-order valence-corrected chi connectivity index (χ3v) is 6.34. The van der Waals surface area contributed by atoms with Crippen molar-refractivity contribution in [3.63, 3.8) is 0 Å². The molecule has 1 N–H and O–H groups in total. The summed E-state index contributed by atoms with van der Waals surface area (Å²) in [5.74, 6) is -0.985. The van der Waals surface area contributed by atoms with E-state index in [-0.39, 0.29) is 17.9 Å². The van der Waals surface area contributed by atoms with Crippen LogP contribution in [0, 0.1) is 6.92 Å². The first-order valence-corrected chi connectivity index (χ1v) is 11.9. The summed E-state index contributed by atoms with van der Waals surface area (Å²) in [6.45, 7) is 2.41. The first-order chi connectivity index (χ1) is 18.0. The predicted molar refractivity (Wildman–Crippen MR) is 138 cm³/mol. The van der Waals surface area contributed by atoms with Crippen molar-refractivity contribution >= 4 is 17.4 Å². The van der Waals surface area contributed by atoms with Gasteiger partial charge in [-0.1, -0.05) is 36.4 Å². The number of Topliss-reactive ketones (excluding diaryl/α,β-unsaturated/α-hetero) is 1. The fourth-order valence-corrected chi connectivity index (χ4v) is 4.50. The third kappa shape index (κ3) is 4.97. The molecule has 4 aromatic rings. The molecule has 1 amide bonds. The second-order valence-electron chi connectivity index (χ2n) is 8.82. The van der Waals surface area contributed by atoms with Gasteiger partial charge in [0, 0.05) is 36.9 Å². The standard InChI is InChI=1S/C30H25N3O4/c1-20-16-24(37-19-21-6-3-2-4-7-21)9-10-25(20)28(34)26-27(23-11-14-31-15-12-23)33(30(36)29(26)35)18-22-8-5-13-32-17-22/h2-17,27,34H,18-19H2,1H3. The van der Waals surface area contributed by atoms with Crippen LogP contribution in [0.15, 0.2) is 103 Å². The lowest BCUT2D eigenvalue weighted by molar-refractivity contribution is -0.140. The quantitative estimate of drug-likeness (QED) is 0.223. The van der Waals surface area contributed by atoms with Crippen LogP contribution in [0.1, 0.15) is 33.9 Å². The highest BCUT2D eigenvalue weighted by molar-refractivity contribution is 6.46. The number of ether oxygens (including phenoxy) is 1. The van der Waals surface area contributed by atoms with Crippen molar-refractivity contribution in [1.82, 2.24) is 14.9 Å². The molecule has 1 saturated heterocycles. The fraction of sp³-hybridized carbons (Fsp3) is 0.133. The minimum Gasteiger partial charge on any atom is -0.507 e. The van der Waals surface area contributed by atoms with Crippen LogP contribution in [0.2, 0.25) is 0 Å². The molecule has 0 aliphatic carbocycles. The number of carbonyl (C=O) groups is 2. The Labute approximate surface area is 214 Å². The number of rotatable bonds is 7. The second-order valence-corrected chi connectivity index (χ2v) is 8.82. The first-order valence-electron chi connectivity index (χ1n) is 11.9. The van der Waals surface area contributed by atoms with E-state index in [1.165, 1.54) is 4.90 Å². The Balaban J connectivity index is 1.51. The molecular formula is C30H25N3O4. The average Bonchev–Trinajstić information content (AvgIpc) is 3.18. The summed E-state index contributed by atoms with van der Waals surface area (Å²) in [5.41, 5.74) is 3.72. The van der Waals surface area contributed by atoms with Crippen LogP contribution < -0.4 is 4.74 Å². The molecule has 37 heavy (non-hydrogen) atoms. The second kappa shape index (κ2) is 10.5. The minimum absolute atomic E-state index is 0.0427. The van der Waals surface area contributed by atoms with E-state index in [4.69, 9.17) is 4.74 Å². The van der Waals surface area contributed by atoms with Crippen molar-refractivity contribution in [1.29, 1.82) is 0 Å². The smallest absolute Gasteiger partial charge is 0.295 e. The number of benzene rings is 2. The van der Waals surface area contributed by atoms with Gasteiger partial charge < -0.3 is 14.7 Å². The molecule has 0 radical (unpaired) electrons. The Bertz CT molecular complexity index is 1450. The van der Waals surface area contributed by atoms with Gasteiger partial charge in [-0.2, -0.15) is 0 Å².